The first-order valence-corrected chi connectivity index (χ1v) is 13.1. The van der Waals surface area contributed by atoms with E-state index in [1.165, 1.54) is 11.3 Å². The lowest BCUT2D eigenvalue weighted by Gasteiger charge is -2.14. The molecular weight excluding hydrogens is 456 g/mol. The van der Waals surface area contributed by atoms with Crippen molar-refractivity contribution in [3.8, 4) is 11.4 Å². The summed E-state index contributed by atoms with van der Waals surface area (Å²) < 4.78 is 7.82. The predicted octanol–water partition coefficient (Wildman–Crippen LogP) is 5.95. The van der Waals surface area contributed by atoms with Gasteiger partial charge in [-0.3, -0.25) is 4.98 Å². The third-order valence-corrected chi connectivity index (χ3v) is 7.88. The molecule has 5 aromatic rings. The number of thioether (sulfide) groups is 1. The van der Waals surface area contributed by atoms with Crippen LogP contribution in [0, 0.1) is 19.8 Å². The summed E-state index contributed by atoms with van der Waals surface area (Å²) in [5.74, 6) is 3.21. The highest BCUT2D eigenvalue weighted by Crippen LogP contribution is 2.32. The van der Waals surface area contributed by atoms with Crippen LogP contribution in [0.3, 0.4) is 0 Å². The minimum Gasteiger partial charge on any atom is -0.441 e. The van der Waals surface area contributed by atoms with Gasteiger partial charge in [0.25, 0.3) is 0 Å². The van der Waals surface area contributed by atoms with E-state index in [0.717, 1.165) is 75.8 Å². The molecule has 0 amide bonds. The number of pyridine rings is 1. The van der Waals surface area contributed by atoms with Gasteiger partial charge in [0.05, 0.1) is 5.52 Å². The van der Waals surface area contributed by atoms with Crippen LogP contribution in [0.5, 0.6) is 0 Å². The molecule has 1 aliphatic rings. The maximum atomic E-state index is 5.72. The van der Waals surface area contributed by atoms with E-state index in [4.69, 9.17) is 4.42 Å². The largest absolute Gasteiger partial charge is 0.441 e. The van der Waals surface area contributed by atoms with Crippen LogP contribution in [0.25, 0.3) is 33.4 Å². The van der Waals surface area contributed by atoms with Crippen LogP contribution in [-0.4, -0.2) is 37.0 Å². The first-order chi connectivity index (χ1) is 17.0. The van der Waals surface area contributed by atoms with Gasteiger partial charge in [-0.1, -0.05) is 30.0 Å². The number of benzene rings is 2. The molecule has 0 fully saturated rings. The molecule has 1 aliphatic heterocycles. The lowest BCUT2D eigenvalue weighted by atomic mass is 9.99. The molecule has 0 spiro atoms. The third kappa shape index (κ3) is 4.27. The Morgan fingerprint density at radius 3 is 2.91 bits per heavy atom. The van der Waals surface area contributed by atoms with Crippen molar-refractivity contribution in [3.05, 3.63) is 59.6 Å². The molecule has 4 heterocycles. The molecule has 0 saturated carbocycles. The Morgan fingerprint density at radius 1 is 1.09 bits per heavy atom. The second-order valence-electron chi connectivity index (χ2n) is 9.32. The molecule has 2 aromatic carbocycles. The number of aromatic nitrogens is 5. The Balaban J connectivity index is 1.11. The molecule has 3 aromatic heterocycles. The smallest absolute Gasteiger partial charge is 0.192 e. The normalized spacial score (nSPS) is 15.8. The molecule has 35 heavy (non-hydrogen) atoms. The van der Waals surface area contributed by atoms with Gasteiger partial charge < -0.3 is 14.3 Å². The van der Waals surface area contributed by atoms with Crippen molar-refractivity contribution in [3.63, 3.8) is 0 Å². The molecule has 0 aliphatic carbocycles. The van der Waals surface area contributed by atoms with Gasteiger partial charge in [-0.25, -0.2) is 4.98 Å². The Bertz CT molecular complexity index is 1490. The number of anilines is 1. The van der Waals surface area contributed by atoms with Crippen molar-refractivity contribution in [1.82, 2.24) is 24.7 Å². The number of oxazole rings is 1. The minimum atomic E-state index is 0.607. The summed E-state index contributed by atoms with van der Waals surface area (Å²) in [6, 6.07) is 14.6. The second-order valence-corrected chi connectivity index (χ2v) is 10.4. The molecule has 0 radical (unpaired) electrons. The second kappa shape index (κ2) is 9.00. The summed E-state index contributed by atoms with van der Waals surface area (Å²) in [4.78, 5) is 9.15. The number of nitrogens with zero attached hydrogens (tertiary/aromatic N) is 5. The summed E-state index contributed by atoms with van der Waals surface area (Å²) in [7, 11) is 2.05. The molecule has 0 bridgehead atoms. The van der Waals surface area contributed by atoms with E-state index in [2.05, 4.69) is 54.3 Å². The Morgan fingerprint density at radius 2 is 2.00 bits per heavy atom. The Labute approximate surface area is 208 Å². The number of hydrogen-bond donors (Lipinski definition) is 1. The molecule has 7 nitrogen and oxygen atoms in total. The molecule has 1 N–H and O–H groups in total. The zero-order chi connectivity index (χ0) is 23.9. The fourth-order valence-corrected chi connectivity index (χ4v) is 5.92. The quantitative estimate of drug-likeness (QED) is 0.309. The average molecular weight is 485 g/mol. The predicted molar refractivity (Wildman–Crippen MR) is 141 cm³/mol. The van der Waals surface area contributed by atoms with Crippen molar-refractivity contribution < 1.29 is 4.42 Å². The van der Waals surface area contributed by atoms with E-state index < -0.39 is 0 Å². The summed E-state index contributed by atoms with van der Waals surface area (Å²) in [6.45, 7) is 4.88. The van der Waals surface area contributed by atoms with Crippen molar-refractivity contribution in [2.75, 3.05) is 17.6 Å². The minimum absolute atomic E-state index is 0.607. The van der Waals surface area contributed by atoms with Crippen LogP contribution in [0.15, 0.2) is 52.0 Å². The fraction of sp³-hybridized carbons (Fsp3) is 0.333. The van der Waals surface area contributed by atoms with Crippen LogP contribution in [0.2, 0.25) is 0 Å². The van der Waals surface area contributed by atoms with Crippen LogP contribution >= 0.6 is 11.8 Å². The first kappa shape index (κ1) is 22.1. The zero-order valence-corrected chi connectivity index (χ0v) is 21.0. The lowest BCUT2D eigenvalue weighted by Crippen LogP contribution is -2.13. The van der Waals surface area contributed by atoms with E-state index in [-0.39, 0.29) is 0 Å². The first-order valence-electron chi connectivity index (χ1n) is 12.1. The van der Waals surface area contributed by atoms with Gasteiger partial charge in [0, 0.05) is 54.7 Å². The molecule has 0 saturated heterocycles. The maximum Gasteiger partial charge on any atom is 0.192 e. The number of hydrogen-bond acceptors (Lipinski definition) is 7. The zero-order valence-electron chi connectivity index (χ0n) is 20.2. The summed E-state index contributed by atoms with van der Waals surface area (Å²) in [6.07, 6.45) is 3.34. The molecule has 1 unspecified atom stereocenters. The number of nitrogens with one attached hydrogen (secondary N) is 1. The van der Waals surface area contributed by atoms with Crippen LogP contribution < -0.4 is 5.32 Å². The SMILES string of the molecule is Cc1ccc2c(-c3nnc(SCCC4CCc5cc6nc(C)oc6cc5NC4)n3C)cccc2n1. The van der Waals surface area contributed by atoms with Crippen molar-refractivity contribution in [2.45, 2.75) is 38.3 Å². The van der Waals surface area contributed by atoms with Crippen molar-refractivity contribution in [2.24, 2.45) is 13.0 Å². The third-order valence-electron chi connectivity index (χ3n) is 6.83. The topological polar surface area (TPSA) is 81.7 Å². The Kier molecular flexibility index (Phi) is 5.68. The standard InChI is InChI=1S/C27H28N6OS/c1-16-7-10-20-21(5-4-6-22(20)29-16)26-31-32-27(33(26)3)35-12-11-18-8-9-19-13-24-25(34-17(2)30-24)14-23(19)28-15-18/h4-7,10,13-14,18,28H,8-9,11-12,15H2,1-3H3. The Hall–Kier alpha value is -3.39. The highest BCUT2D eigenvalue weighted by Gasteiger charge is 2.19. The highest BCUT2D eigenvalue weighted by atomic mass is 32.2. The molecule has 1 atom stereocenters. The number of fused-ring (bicyclic) bond motifs is 3. The van der Waals surface area contributed by atoms with Gasteiger partial charge >= 0.3 is 0 Å². The van der Waals surface area contributed by atoms with E-state index in [9.17, 15) is 0 Å². The van der Waals surface area contributed by atoms with Gasteiger partial charge in [0.15, 0.2) is 22.5 Å². The van der Waals surface area contributed by atoms with Gasteiger partial charge in [0.2, 0.25) is 0 Å². The van der Waals surface area contributed by atoms with Crippen LogP contribution in [-0.2, 0) is 13.5 Å². The lowest BCUT2D eigenvalue weighted by molar-refractivity contribution is 0.506. The summed E-state index contributed by atoms with van der Waals surface area (Å²) in [5, 5.41) is 14.7. The summed E-state index contributed by atoms with van der Waals surface area (Å²) >= 11 is 1.78. The average Bonchev–Trinajstić information content (AvgIpc) is 3.32. The van der Waals surface area contributed by atoms with Gasteiger partial charge in [0.1, 0.15) is 5.52 Å². The monoisotopic (exact) mass is 484 g/mol. The van der Waals surface area contributed by atoms with E-state index in [1.807, 2.05) is 39.1 Å². The van der Waals surface area contributed by atoms with Gasteiger partial charge in [-0.15, -0.1) is 10.2 Å². The van der Waals surface area contributed by atoms with Gasteiger partial charge in [-0.05, 0) is 55.9 Å². The molecule has 178 valence electrons. The number of rotatable bonds is 5. The van der Waals surface area contributed by atoms with Crippen molar-refractivity contribution in [1.29, 1.82) is 0 Å². The molecular formula is C27H28N6OS. The highest BCUT2D eigenvalue weighted by molar-refractivity contribution is 7.99. The van der Waals surface area contributed by atoms with E-state index in [1.54, 1.807) is 11.8 Å². The summed E-state index contributed by atoms with van der Waals surface area (Å²) in [5.41, 5.74) is 7.39. The number of aryl methyl sites for hydroxylation is 3. The van der Waals surface area contributed by atoms with E-state index >= 15 is 0 Å². The van der Waals surface area contributed by atoms with Crippen molar-refractivity contribution >= 4 is 39.5 Å². The van der Waals surface area contributed by atoms with E-state index in [0.29, 0.717) is 11.8 Å². The van der Waals surface area contributed by atoms with Gasteiger partial charge in [-0.2, -0.15) is 0 Å². The molecule has 8 heteroatoms. The van der Waals surface area contributed by atoms with Crippen LogP contribution in [0.1, 0.15) is 30.0 Å². The van der Waals surface area contributed by atoms with Crippen LogP contribution in [0.4, 0.5) is 5.69 Å². The molecule has 6 rings (SSSR count). The maximum absolute atomic E-state index is 5.72. The fourth-order valence-electron chi connectivity index (χ4n) is 4.91.